The van der Waals surface area contributed by atoms with Gasteiger partial charge in [0.1, 0.15) is 0 Å². The number of hydrogen-bond acceptors (Lipinski definition) is 4. The molecule has 0 saturated heterocycles. The fourth-order valence-electron chi connectivity index (χ4n) is 1.31. The zero-order valence-electron chi connectivity index (χ0n) is 8.91. The minimum Gasteiger partial charge on any atom is -0.469 e. The van der Waals surface area contributed by atoms with Crippen LogP contribution in [-0.2, 0) is 21.3 Å². The first-order valence-electron chi connectivity index (χ1n) is 4.58. The van der Waals surface area contributed by atoms with Gasteiger partial charge in [0.25, 0.3) is 5.69 Å². The van der Waals surface area contributed by atoms with Crippen LogP contribution in [0, 0.1) is 10.1 Å². The van der Waals surface area contributed by atoms with E-state index in [9.17, 15) is 14.9 Å². The third kappa shape index (κ3) is 3.41. The van der Waals surface area contributed by atoms with E-state index in [1.807, 2.05) is 0 Å². The van der Waals surface area contributed by atoms with Gasteiger partial charge >= 0.3 is 5.97 Å². The maximum Gasteiger partial charge on any atom is 0.310 e. The van der Waals surface area contributed by atoms with Crippen LogP contribution in [0.5, 0.6) is 0 Å². The SMILES string of the molecule is COC(=O)Cc1c(Cl)cc(CBr)cc1[N+](=O)[O-]. The van der Waals surface area contributed by atoms with Crippen molar-refractivity contribution in [3.63, 3.8) is 0 Å². The molecular formula is C10H9BrClNO4. The number of ether oxygens (including phenoxy) is 1. The van der Waals surface area contributed by atoms with Crippen LogP contribution in [-0.4, -0.2) is 18.0 Å². The van der Waals surface area contributed by atoms with Gasteiger partial charge in [-0.05, 0) is 11.6 Å². The molecule has 0 fully saturated rings. The number of benzene rings is 1. The summed E-state index contributed by atoms with van der Waals surface area (Å²) in [4.78, 5) is 21.5. The van der Waals surface area contributed by atoms with Gasteiger partial charge in [0.05, 0.1) is 29.0 Å². The minimum atomic E-state index is -0.568. The molecule has 0 aliphatic rings. The number of nitro benzene ring substituents is 1. The fourth-order valence-corrected chi connectivity index (χ4v) is 1.94. The first-order chi connectivity index (χ1) is 7.99. The molecule has 1 aromatic carbocycles. The number of nitro groups is 1. The van der Waals surface area contributed by atoms with Gasteiger partial charge in [-0.2, -0.15) is 0 Å². The van der Waals surface area contributed by atoms with Gasteiger partial charge in [-0.15, -0.1) is 0 Å². The van der Waals surface area contributed by atoms with Crippen molar-refractivity contribution < 1.29 is 14.5 Å². The predicted octanol–water partition coefficient (Wildman–Crippen LogP) is 2.86. The summed E-state index contributed by atoms with van der Waals surface area (Å²) >= 11 is 9.12. The summed E-state index contributed by atoms with van der Waals surface area (Å²) in [5.74, 6) is -0.568. The van der Waals surface area contributed by atoms with Crippen molar-refractivity contribution in [1.82, 2.24) is 0 Å². The van der Waals surface area contributed by atoms with E-state index in [0.717, 1.165) is 0 Å². The Morgan fingerprint density at radius 2 is 2.24 bits per heavy atom. The number of alkyl halides is 1. The molecule has 0 atom stereocenters. The number of carbonyl (C=O) groups excluding carboxylic acids is 1. The molecule has 0 spiro atoms. The third-order valence-electron chi connectivity index (χ3n) is 2.13. The Morgan fingerprint density at radius 3 is 2.71 bits per heavy atom. The maximum absolute atomic E-state index is 11.1. The van der Waals surface area contributed by atoms with Crippen molar-refractivity contribution in [2.75, 3.05) is 7.11 Å². The molecule has 0 heterocycles. The predicted molar refractivity (Wildman–Crippen MR) is 66.5 cm³/mol. The van der Waals surface area contributed by atoms with E-state index in [-0.39, 0.29) is 22.7 Å². The second kappa shape index (κ2) is 5.97. The average Bonchev–Trinajstić information content (AvgIpc) is 2.30. The van der Waals surface area contributed by atoms with Gasteiger partial charge in [0, 0.05) is 11.4 Å². The van der Waals surface area contributed by atoms with Crippen molar-refractivity contribution in [3.05, 3.63) is 38.4 Å². The number of rotatable bonds is 4. The van der Waals surface area contributed by atoms with Gasteiger partial charge < -0.3 is 4.74 Å². The number of esters is 1. The molecule has 7 heteroatoms. The molecule has 5 nitrogen and oxygen atoms in total. The average molecular weight is 323 g/mol. The largest absolute Gasteiger partial charge is 0.469 e. The molecule has 92 valence electrons. The lowest BCUT2D eigenvalue weighted by molar-refractivity contribution is -0.385. The quantitative estimate of drug-likeness (QED) is 0.370. The Labute approximate surface area is 111 Å². The lowest BCUT2D eigenvalue weighted by Crippen LogP contribution is -2.08. The minimum absolute atomic E-state index is 0.169. The molecule has 0 radical (unpaired) electrons. The van der Waals surface area contributed by atoms with Gasteiger partial charge in [-0.3, -0.25) is 14.9 Å². The molecule has 0 aliphatic heterocycles. The summed E-state index contributed by atoms with van der Waals surface area (Å²) < 4.78 is 4.47. The molecule has 1 aromatic rings. The molecule has 0 N–H and O–H groups in total. The molecule has 0 aliphatic carbocycles. The third-order valence-corrected chi connectivity index (χ3v) is 3.12. The molecule has 0 unspecified atom stereocenters. The smallest absolute Gasteiger partial charge is 0.310 e. The molecule has 0 bridgehead atoms. The first-order valence-corrected chi connectivity index (χ1v) is 6.08. The van der Waals surface area contributed by atoms with Gasteiger partial charge in [-0.1, -0.05) is 27.5 Å². The second-order valence-electron chi connectivity index (χ2n) is 3.22. The van der Waals surface area contributed by atoms with Crippen LogP contribution in [0.15, 0.2) is 12.1 Å². The maximum atomic E-state index is 11.1. The Bertz CT molecular complexity index is 464. The van der Waals surface area contributed by atoms with Crippen LogP contribution in [0.1, 0.15) is 11.1 Å². The van der Waals surface area contributed by atoms with E-state index in [1.165, 1.54) is 13.2 Å². The lowest BCUT2D eigenvalue weighted by atomic mass is 10.1. The Morgan fingerprint density at radius 1 is 1.59 bits per heavy atom. The Balaban J connectivity index is 3.26. The summed E-state index contributed by atoms with van der Waals surface area (Å²) in [5, 5.41) is 11.5. The summed E-state index contributed by atoms with van der Waals surface area (Å²) in [6.07, 6.45) is -0.214. The summed E-state index contributed by atoms with van der Waals surface area (Å²) in [5.41, 5.74) is 0.681. The van der Waals surface area contributed by atoms with E-state index in [1.54, 1.807) is 6.07 Å². The molecule has 1 rings (SSSR count). The second-order valence-corrected chi connectivity index (χ2v) is 4.19. The molecule has 0 aromatic heterocycles. The standard InChI is InChI=1S/C10H9BrClNO4/c1-17-10(14)4-7-8(12)2-6(5-11)3-9(7)13(15)16/h2-3H,4-5H2,1H3. The number of methoxy groups -OCH3 is 1. The highest BCUT2D eigenvalue weighted by Crippen LogP contribution is 2.30. The molecule has 0 saturated carbocycles. The Hall–Kier alpha value is -1.14. The van der Waals surface area contributed by atoms with E-state index in [2.05, 4.69) is 20.7 Å². The number of nitrogens with zero attached hydrogens (tertiary/aromatic N) is 1. The highest BCUT2D eigenvalue weighted by atomic mass is 79.9. The van der Waals surface area contributed by atoms with Crippen molar-refractivity contribution in [2.45, 2.75) is 11.8 Å². The van der Waals surface area contributed by atoms with Gasteiger partial charge in [0.15, 0.2) is 0 Å². The zero-order valence-corrected chi connectivity index (χ0v) is 11.2. The van der Waals surface area contributed by atoms with Crippen molar-refractivity contribution in [1.29, 1.82) is 0 Å². The van der Waals surface area contributed by atoms with E-state index >= 15 is 0 Å². The van der Waals surface area contributed by atoms with E-state index < -0.39 is 10.9 Å². The number of hydrogen-bond donors (Lipinski definition) is 0. The van der Waals surface area contributed by atoms with Crippen LogP contribution in [0.25, 0.3) is 0 Å². The van der Waals surface area contributed by atoms with Crippen molar-refractivity contribution in [3.8, 4) is 0 Å². The molecule has 0 amide bonds. The van der Waals surface area contributed by atoms with Crippen LogP contribution < -0.4 is 0 Å². The lowest BCUT2D eigenvalue weighted by Gasteiger charge is -2.06. The summed E-state index contributed by atoms with van der Waals surface area (Å²) in [6.45, 7) is 0. The van der Waals surface area contributed by atoms with E-state index in [4.69, 9.17) is 11.6 Å². The highest BCUT2D eigenvalue weighted by molar-refractivity contribution is 9.08. The summed E-state index contributed by atoms with van der Waals surface area (Å²) in [7, 11) is 1.22. The first kappa shape index (κ1) is 13.9. The van der Waals surface area contributed by atoms with E-state index in [0.29, 0.717) is 10.9 Å². The van der Waals surface area contributed by atoms with Gasteiger partial charge in [-0.25, -0.2) is 0 Å². The van der Waals surface area contributed by atoms with Crippen LogP contribution in [0.3, 0.4) is 0 Å². The number of halogens is 2. The molecular weight excluding hydrogens is 313 g/mol. The highest BCUT2D eigenvalue weighted by Gasteiger charge is 2.21. The topological polar surface area (TPSA) is 69.4 Å². The van der Waals surface area contributed by atoms with Gasteiger partial charge in [0.2, 0.25) is 0 Å². The Kier molecular flexibility index (Phi) is 4.89. The monoisotopic (exact) mass is 321 g/mol. The van der Waals surface area contributed by atoms with Crippen molar-refractivity contribution in [2.24, 2.45) is 0 Å². The van der Waals surface area contributed by atoms with Crippen molar-refractivity contribution >= 4 is 39.2 Å². The van der Waals surface area contributed by atoms with Crippen LogP contribution in [0.2, 0.25) is 5.02 Å². The molecule has 17 heavy (non-hydrogen) atoms. The fraction of sp³-hybridized carbons (Fsp3) is 0.300. The zero-order chi connectivity index (χ0) is 13.0. The normalized spacial score (nSPS) is 10.1. The summed E-state index contributed by atoms with van der Waals surface area (Å²) in [6, 6.07) is 2.97. The van der Waals surface area contributed by atoms with Crippen LogP contribution >= 0.6 is 27.5 Å². The number of carbonyl (C=O) groups is 1. The van der Waals surface area contributed by atoms with Crippen LogP contribution in [0.4, 0.5) is 5.69 Å².